The number of fused-ring (bicyclic) bond motifs is 1. The lowest BCUT2D eigenvalue weighted by atomic mass is 10.2. The van der Waals surface area contributed by atoms with Gasteiger partial charge in [0, 0.05) is 36.3 Å². The average molecular weight is 335 g/mol. The highest BCUT2D eigenvalue weighted by atomic mass is 32.2. The summed E-state index contributed by atoms with van der Waals surface area (Å²) in [5.74, 6) is 0. The Hall–Kier alpha value is -1.50. The van der Waals surface area contributed by atoms with E-state index in [0.717, 1.165) is 18.4 Å². The highest BCUT2D eigenvalue weighted by molar-refractivity contribution is 7.89. The van der Waals surface area contributed by atoms with Gasteiger partial charge in [-0.1, -0.05) is 38.3 Å². The van der Waals surface area contributed by atoms with Crippen molar-refractivity contribution < 1.29 is 8.42 Å². The summed E-state index contributed by atoms with van der Waals surface area (Å²) in [5.41, 5.74) is 0. The number of nitrogens with zero attached hydrogens (tertiary/aromatic N) is 1. The summed E-state index contributed by atoms with van der Waals surface area (Å²) in [7, 11) is -3.51. The van der Waals surface area contributed by atoms with Crippen LogP contribution in [0.2, 0.25) is 0 Å². The van der Waals surface area contributed by atoms with Gasteiger partial charge in [-0.15, -0.1) is 0 Å². The first kappa shape index (κ1) is 17.8. The second-order valence-corrected chi connectivity index (χ2v) is 7.30. The van der Waals surface area contributed by atoms with Gasteiger partial charge in [-0.05, 0) is 25.1 Å². The molecular weight excluding hydrogens is 310 g/mol. The summed E-state index contributed by atoms with van der Waals surface area (Å²) in [5, 5.41) is 4.79. The summed E-state index contributed by atoms with van der Waals surface area (Å²) in [6.07, 6.45) is 8.12. The molecule has 0 spiro atoms. The smallest absolute Gasteiger partial charge is 0.241 e. The van der Waals surface area contributed by atoms with Crippen molar-refractivity contribution >= 4 is 20.8 Å². The van der Waals surface area contributed by atoms with Gasteiger partial charge in [-0.2, -0.15) is 0 Å². The van der Waals surface area contributed by atoms with Gasteiger partial charge in [0.15, 0.2) is 0 Å². The number of sulfonamides is 1. The predicted octanol–water partition coefficient (Wildman–Crippen LogP) is 2.68. The Balaban J connectivity index is 1.87. The van der Waals surface area contributed by atoms with E-state index in [9.17, 15) is 8.42 Å². The molecule has 1 aromatic heterocycles. The van der Waals surface area contributed by atoms with E-state index in [0.29, 0.717) is 23.4 Å². The fourth-order valence-corrected chi connectivity index (χ4v) is 3.74. The Morgan fingerprint density at radius 3 is 2.74 bits per heavy atom. The van der Waals surface area contributed by atoms with Crippen LogP contribution in [0.25, 0.3) is 10.8 Å². The largest absolute Gasteiger partial charge is 0.315 e. The lowest BCUT2D eigenvalue weighted by Gasteiger charge is -2.10. The molecule has 2 aromatic rings. The molecule has 0 amide bonds. The summed E-state index contributed by atoms with van der Waals surface area (Å²) in [4.78, 5) is 4.33. The first-order chi connectivity index (χ1) is 11.1. The van der Waals surface area contributed by atoms with Gasteiger partial charge < -0.3 is 5.32 Å². The maximum Gasteiger partial charge on any atom is 0.241 e. The molecular formula is C17H25N3O2S. The molecule has 0 aliphatic rings. The van der Waals surface area contributed by atoms with Crippen LogP contribution in [0.1, 0.15) is 32.6 Å². The van der Waals surface area contributed by atoms with Crippen molar-refractivity contribution in [1.29, 1.82) is 0 Å². The van der Waals surface area contributed by atoms with E-state index in [1.807, 2.05) is 6.07 Å². The monoisotopic (exact) mass is 335 g/mol. The number of pyridine rings is 1. The minimum Gasteiger partial charge on any atom is -0.315 e. The fraction of sp³-hybridized carbons (Fsp3) is 0.471. The third-order valence-corrected chi connectivity index (χ3v) is 5.25. The van der Waals surface area contributed by atoms with E-state index >= 15 is 0 Å². The number of nitrogens with one attached hydrogen (secondary N) is 2. The van der Waals surface area contributed by atoms with Crippen LogP contribution in [-0.2, 0) is 10.0 Å². The second kappa shape index (κ2) is 8.96. The van der Waals surface area contributed by atoms with Gasteiger partial charge in [-0.3, -0.25) is 4.98 Å². The Labute approximate surface area is 138 Å². The van der Waals surface area contributed by atoms with Gasteiger partial charge in [0.2, 0.25) is 10.0 Å². The summed E-state index contributed by atoms with van der Waals surface area (Å²) >= 11 is 0. The van der Waals surface area contributed by atoms with Gasteiger partial charge in [0.05, 0.1) is 4.90 Å². The molecule has 2 rings (SSSR count). The normalized spacial score (nSPS) is 11.9. The van der Waals surface area contributed by atoms with Crippen molar-refractivity contribution in [3.63, 3.8) is 0 Å². The number of unbranched alkanes of at least 4 members (excludes halogenated alkanes) is 3. The molecule has 2 N–H and O–H groups in total. The second-order valence-electron chi connectivity index (χ2n) is 5.56. The van der Waals surface area contributed by atoms with Crippen LogP contribution in [0, 0.1) is 0 Å². The Morgan fingerprint density at radius 2 is 1.91 bits per heavy atom. The summed E-state index contributed by atoms with van der Waals surface area (Å²) < 4.78 is 27.6. The van der Waals surface area contributed by atoms with Crippen LogP contribution in [0.5, 0.6) is 0 Å². The Bertz CT molecular complexity index is 711. The van der Waals surface area contributed by atoms with Crippen molar-refractivity contribution in [2.24, 2.45) is 0 Å². The topological polar surface area (TPSA) is 71.1 Å². The molecule has 126 valence electrons. The molecule has 1 aromatic carbocycles. The third-order valence-electron chi connectivity index (χ3n) is 3.73. The number of hydrogen-bond donors (Lipinski definition) is 2. The first-order valence-electron chi connectivity index (χ1n) is 8.18. The number of hydrogen-bond acceptors (Lipinski definition) is 4. The zero-order valence-corrected chi connectivity index (χ0v) is 14.4. The zero-order chi connectivity index (χ0) is 16.5. The van der Waals surface area contributed by atoms with Crippen molar-refractivity contribution in [2.75, 3.05) is 19.6 Å². The van der Waals surface area contributed by atoms with Crippen molar-refractivity contribution in [3.8, 4) is 0 Å². The zero-order valence-electron chi connectivity index (χ0n) is 13.6. The summed E-state index contributed by atoms with van der Waals surface area (Å²) in [6, 6.07) is 6.96. The number of rotatable bonds is 10. The van der Waals surface area contributed by atoms with E-state index < -0.39 is 10.0 Å². The molecule has 0 unspecified atom stereocenters. The van der Waals surface area contributed by atoms with Crippen LogP contribution < -0.4 is 10.0 Å². The quantitative estimate of drug-likeness (QED) is 0.655. The Kier molecular flexibility index (Phi) is 6.95. The third kappa shape index (κ3) is 5.27. The van der Waals surface area contributed by atoms with Crippen LogP contribution >= 0.6 is 0 Å². The maximum atomic E-state index is 12.5. The molecule has 0 fully saturated rings. The fourth-order valence-electron chi connectivity index (χ4n) is 2.48. The van der Waals surface area contributed by atoms with Crippen LogP contribution in [0.15, 0.2) is 41.6 Å². The van der Waals surface area contributed by atoms with E-state index in [1.54, 1.807) is 30.6 Å². The molecule has 5 nitrogen and oxygen atoms in total. The molecule has 0 bridgehead atoms. The molecule has 0 aliphatic carbocycles. The van der Waals surface area contributed by atoms with E-state index in [-0.39, 0.29) is 0 Å². The first-order valence-corrected chi connectivity index (χ1v) is 9.66. The molecule has 0 atom stereocenters. The van der Waals surface area contributed by atoms with E-state index in [2.05, 4.69) is 21.9 Å². The molecule has 6 heteroatoms. The van der Waals surface area contributed by atoms with Crippen LogP contribution in [-0.4, -0.2) is 33.0 Å². The highest BCUT2D eigenvalue weighted by Gasteiger charge is 2.16. The maximum absolute atomic E-state index is 12.5. The van der Waals surface area contributed by atoms with Crippen molar-refractivity contribution in [2.45, 2.75) is 37.5 Å². The van der Waals surface area contributed by atoms with Crippen molar-refractivity contribution in [3.05, 3.63) is 36.7 Å². The minimum absolute atomic E-state index is 0.306. The van der Waals surface area contributed by atoms with Crippen molar-refractivity contribution in [1.82, 2.24) is 15.0 Å². The van der Waals surface area contributed by atoms with Gasteiger partial charge in [0.25, 0.3) is 0 Å². The van der Waals surface area contributed by atoms with Gasteiger partial charge in [0.1, 0.15) is 0 Å². The molecule has 0 saturated heterocycles. The van der Waals surface area contributed by atoms with Crippen LogP contribution in [0.4, 0.5) is 0 Å². The SMILES string of the molecule is CCCCCCNCCNS(=O)(=O)c1cccc2cnccc12. The standard InChI is InChI=1S/C17H25N3O2S/c1-2-3-4-5-10-18-12-13-20-23(21,22)17-8-6-7-15-14-19-11-9-16(15)17/h6-9,11,14,18,20H,2-5,10,12-13H2,1H3. The van der Waals surface area contributed by atoms with Gasteiger partial charge >= 0.3 is 0 Å². The Morgan fingerprint density at radius 1 is 1.04 bits per heavy atom. The van der Waals surface area contributed by atoms with E-state index in [1.165, 1.54) is 19.3 Å². The lowest BCUT2D eigenvalue weighted by Crippen LogP contribution is -2.32. The van der Waals surface area contributed by atoms with Gasteiger partial charge in [-0.25, -0.2) is 13.1 Å². The van der Waals surface area contributed by atoms with Crippen LogP contribution in [0.3, 0.4) is 0 Å². The molecule has 23 heavy (non-hydrogen) atoms. The van der Waals surface area contributed by atoms with E-state index in [4.69, 9.17) is 0 Å². The molecule has 0 radical (unpaired) electrons. The predicted molar refractivity (Wildman–Crippen MR) is 93.9 cm³/mol. The molecule has 1 heterocycles. The summed E-state index contributed by atoms with van der Waals surface area (Å²) in [6.45, 7) is 4.14. The number of aromatic nitrogens is 1. The average Bonchev–Trinajstić information content (AvgIpc) is 2.56. The molecule has 0 aliphatic heterocycles. The highest BCUT2D eigenvalue weighted by Crippen LogP contribution is 2.21. The minimum atomic E-state index is -3.51. The lowest BCUT2D eigenvalue weighted by molar-refractivity contribution is 0.568. The number of benzene rings is 1. The molecule has 0 saturated carbocycles.